The smallest absolute Gasteiger partial charge is 0.222 e. The summed E-state index contributed by atoms with van der Waals surface area (Å²) in [7, 11) is 0. The van der Waals surface area contributed by atoms with Crippen molar-refractivity contribution >= 4 is 11.8 Å². The third-order valence-corrected chi connectivity index (χ3v) is 5.66. The summed E-state index contributed by atoms with van der Waals surface area (Å²) >= 11 is 0. The van der Waals surface area contributed by atoms with Gasteiger partial charge in [-0.2, -0.15) is 4.98 Å². The zero-order valence-corrected chi connectivity index (χ0v) is 14.1. The summed E-state index contributed by atoms with van der Waals surface area (Å²) in [5.74, 6) is 1.52. The minimum Gasteiger partial charge on any atom is -0.368 e. The summed E-state index contributed by atoms with van der Waals surface area (Å²) in [5, 5.41) is 3.45. The molecule has 0 bridgehead atoms. The molecule has 0 saturated carbocycles. The van der Waals surface area contributed by atoms with Crippen molar-refractivity contribution in [3.8, 4) is 0 Å². The molecular formula is C17H28N6. The van der Waals surface area contributed by atoms with Crippen LogP contribution >= 0.6 is 0 Å². The summed E-state index contributed by atoms with van der Waals surface area (Å²) in [6, 6.07) is 1.41. The van der Waals surface area contributed by atoms with Crippen LogP contribution in [-0.2, 0) is 12.8 Å². The first-order valence-electron chi connectivity index (χ1n) is 9.09. The molecule has 2 saturated heterocycles. The molecule has 4 heterocycles. The van der Waals surface area contributed by atoms with Crippen LogP contribution in [0.4, 0.5) is 11.8 Å². The van der Waals surface area contributed by atoms with Gasteiger partial charge in [-0.3, -0.25) is 4.90 Å². The standard InChI is InChI=1S/C17H28N6/c1-12-4-2-3-9-23(12)13-10-22(11-13)16-14-5-7-19-8-6-15(14)20-17(18)21-16/h12-13,19H,2-11H2,1H3,(H2,18,20,21). The molecule has 1 unspecified atom stereocenters. The van der Waals surface area contributed by atoms with Crippen LogP contribution in [0.5, 0.6) is 0 Å². The van der Waals surface area contributed by atoms with Crippen LogP contribution in [0.2, 0.25) is 0 Å². The average Bonchev–Trinajstić information content (AvgIpc) is 2.73. The molecule has 0 radical (unpaired) electrons. The van der Waals surface area contributed by atoms with Crippen molar-refractivity contribution < 1.29 is 0 Å². The number of aromatic nitrogens is 2. The SMILES string of the molecule is CC1CCCCN1C1CN(c2nc(N)nc3c2CCNCC3)C1. The molecule has 1 aromatic heterocycles. The lowest BCUT2D eigenvalue weighted by Crippen LogP contribution is -2.62. The van der Waals surface area contributed by atoms with E-state index in [2.05, 4.69) is 32.0 Å². The molecule has 0 spiro atoms. The Kier molecular flexibility index (Phi) is 4.11. The monoisotopic (exact) mass is 316 g/mol. The lowest BCUT2D eigenvalue weighted by Gasteiger charge is -2.50. The van der Waals surface area contributed by atoms with Gasteiger partial charge >= 0.3 is 0 Å². The molecule has 0 amide bonds. The minimum atomic E-state index is 0.426. The van der Waals surface area contributed by atoms with Crippen LogP contribution in [0.3, 0.4) is 0 Å². The number of nitrogens with zero attached hydrogens (tertiary/aromatic N) is 4. The summed E-state index contributed by atoms with van der Waals surface area (Å²) in [5.41, 5.74) is 8.43. The Morgan fingerprint density at radius 3 is 2.78 bits per heavy atom. The van der Waals surface area contributed by atoms with E-state index in [9.17, 15) is 0 Å². The number of nitrogens with one attached hydrogen (secondary N) is 1. The number of likely N-dealkylation sites (tertiary alicyclic amines) is 1. The zero-order valence-electron chi connectivity index (χ0n) is 14.1. The molecule has 4 rings (SSSR count). The number of anilines is 2. The Morgan fingerprint density at radius 1 is 1.13 bits per heavy atom. The first kappa shape index (κ1) is 15.1. The molecule has 3 aliphatic rings. The lowest BCUT2D eigenvalue weighted by molar-refractivity contribution is 0.0872. The third kappa shape index (κ3) is 2.90. The van der Waals surface area contributed by atoms with Gasteiger partial charge in [0, 0.05) is 43.7 Å². The predicted molar refractivity (Wildman–Crippen MR) is 92.7 cm³/mol. The highest BCUT2D eigenvalue weighted by Gasteiger charge is 2.37. The van der Waals surface area contributed by atoms with Crippen molar-refractivity contribution in [1.29, 1.82) is 0 Å². The van der Waals surface area contributed by atoms with Crippen molar-refractivity contribution in [3.05, 3.63) is 11.3 Å². The largest absolute Gasteiger partial charge is 0.368 e. The van der Waals surface area contributed by atoms with Gasteiger partial charge in [0.1, 0.15) is 5.82 Å². The van der Waals surface area contributed by atoms with Crippen molar-refractivity contribution in [2.75, 3.05) is 43.4 Å². The third-order valence-electron chi connectivity index (χ3n) is 5.66. The van der Waals surface area contributed by atoms with Gasteiger partial charge in [-0.25, -0.2) is 4.98 Å². The van der Waals surface area contributed by atoms with Gasteiger partial charge in [0.25, 0.3) is 0 Å². The van der Waals surface area contributed by atoms with Crippen molar-refractivity contribution in [2.45, 2.75) is 51.1 Å². The van der Waals surface area contributed by atoms with E-state index in [0.717, 1.165) is 56.6 Å². The Hall–Kier alpha value is -1.40. The van der Waals surface area contributed by atoms with Gasteiger partial charge in [0.05, 0.1) is 5.69 Å². The van der Waals surface area contributed by atoms with Crippen molar-refractivity contribution in [2.24, 2.45) is 0 Å². The highest BCUT2D eigenvalue weighted by atomic mass is 15.4. The molecule has 0 aliphatic carbocycles. The second kappa shape index (κ2) is 6.24. The van der Waals surface area contributed by atoms with Gasteiger partial charge < -0.3 is 16.0 Å². The lowest BCUT2D eigenvalue weighted by atomic mass is 9.97. The van der Waals surface area contributed by atoms with Crippen LogP contribution in [0.1, 0.15) is 37.4 Å². The highest BCUT2D eigenvalue weighted by Crippen LogP contribution is 2.31. The van der Waals surface area contributed by atoms with E-state index in [4.69, 9.17) is 5.73 Å². The van der Waals surface area contributed by atoms with Gasteiger partial charge in [0.15, 0.2) is 0 Å². The highest BCUT2D eigenvalue weighted by molar-refractivity contribution is 5.55. The van der Waals surface area contributed by atoms with E-state index in [1.54, 1.807) is 0 Å². The predicted octanol–water partition coefficient (Wildman–Crippen LogP) is 0.810. The molecule has 6 heteroatoms. The Morgan fingerprint density at radius 2 is 1.96 bits per heavy atom. The van der Waals surface area contributed by atoms with Crippen molar-refractivity contribution in [3.63, 3.8) is 0 Å². The molecule has 2 fully saturated rings. The maximum absolute atomic E-state index is 5.97. The van der Waals surface area contributed by atoms with Crippen LogP contribution in [0.25, 0.3) is 0 Å². The summed E-state index contributed by atoms with van der Waals surface area (Å²) in [6.07, 6.45) is 6.04. The van der Waals surface area contributed by atoms with E-state index in [0.29, 0.717) is 12.0 Å². The molecule has 3 aliphatic heterocycles. The summed E-state index contributed by atoms with van der Waals surface area (Å²) in [4.78, 5) is 14.2. The number of piperidine rings is 1. The fraction of sp³-hybridized carbons (Fsp3) is 0.765. The van der Waals surface area contributed by atoms with Crippen LogP contribution in [0, 0.1) is 0 Å². The Bertz CT molecular complexity index is 568. The fourth-order valence-corrected chi connectivity index (χ4v) is 4.31. The van der Waals surface area contributed by atoms with Crippen LogP contribution < -0.4 is 16.0 Å². The van der Waals surface area contributed by atoms with E-state index in [1.165, 1.54) is 31.4 Å². The second-order valence-corrected chi connectivity index (χ2v) is 7.22. The number of nitrogens with two attached hydrogens (primary N) is 1. The normalized spacial score (nSPS) is 26.5. The van der Waals surface area contributed by atoms with Crippen LogP contribution in [-0.4, -0.2) is 59.7 Å². The maximum Gasteiger partial charge on any atom is 0.222 e. The minimum absolute atomic E-state index is 0.426. The zero-order chi connectivity index (χ0) is 15.8. The number of nitrogen functional groups attached to an aromatic ring is 1. The molecule has 3 N–H and O–H groups in total. The second-order valence-electron chi connectivity index (χ2n) is 7.22. The fourth-order valence-electron chi connectivity index (χ4n) is 4.31. The molecule has 6 nitrogen and oxygen atoms in total. The van der Waals surface area contributed by atoms with Gasteiger partial charge in [-0.05, 0) is 39.3 Å². The Labute approximate surface area is 138 Å². The average molecular weight is 316 g/mol. The molecule has 1 aromatic rings. The quantitative estimate of drug-likeness (QED) is 0.841. The molecule has 0 aromatic carbocycles. The molecule has 23 heavy (non-hydrogen) atoms. The number of hydrogen-bond acceptors (Lipinski definition) is 6. The van der Waals surface area contributed by atoms with Gasteiger partial charge in [-0.1, -0.05) is 6.42 Å². The van der Waals surface area contributed by atoms with E-state index in [1.807, 2.05) is 0 Å². The van der Waals surface area contributed by atoms with Gasteiger partial charge in [0.2, 0.25) is 5.95 Å². The van der Waals surface area contributed by atoms with Crippen LogP contribution in [0.15, 0.2) is 0 Å². The first-order chi connectivity index (χ1) is 11.2. The summed E-state index contributed by atoms with van der Waals surface area (Å²) < 4.78 is 0. The van der Waals surface area contributed by atoms with E-state index in [-0.39, 0.29) is 0 Å². The summed E-state index contributed by atoms with van der Waals surface area (Å²) in [6.45, 7) is 7.79. The first-order valence-corrected chi connectivity index (χ1v) is 9.09. The van der Waals surface area contributed by atoms with E-state index >= 15 is 0 Å². The van der Waals surface area contributed by atoms with Gasteiger partial charge in [-0.15, -0.1) is 0 Å². The molecule has 126 valence electrons. The topological polar surface area (TPSA) is 70.3 Å². The number of fused-ring (bicyclic) bond motifs is 1. The maximum atomic E-state index is 5.97. The Balaban J connectivity index is 1.50. The molecule has 1 atom stereocenters. The van der Waals surface area contributed by atoms with E-state index < -0.39 is 0 Å². The number of hydrogen-bond donors (Lipinski definition) is 2. The van der Waals surface area contributed by atoms with Crippen molar-refractivity contribution in [1.82, 2.24) is 20.2 Å². The molecular weight excluding hydrogens is 288 g/mol. The number of rotatable bonds is 2.